The van der Waals surface area contributed by atoms with Crippen LogP contribution in [0.15, 0.2) is 35.4 Å². The number of H-pyrrole nitrogens is 1. The van der Waals surface area contributed by atoms with E-state index in [2.05, 4.69) is 27.2 Å². The van der Waals surface area contributed by atoms with Gasteiger partial charge in [-0.1, -0.05) is 25.1 Å². The van der Waals surface area contributed by atoms with Crippen molar-refractivity contribution in [2.24, 2.45) is 0 Å². The first-order valence-corrected chi connectivity index (χ1v) is 8.35. The lowest BCUT2D eigenvalue weighted by molar-refractivity contribution is 0.593. The maximum absolute atomic E-state index is 12.4. The number of aryl methyl sites for hydroxylation is 1. The van der Waals surface area contributed by atoms with Gasteiger partial charge in [-0.3, -0.25) is 9.82 Å². The first-order chi connectivity index (χ1) is 10.0. The molecule has 0 radical (unpaired) electrons. The maximum Gasteiger partial charge on any atom is 0.281 e. The maximum atomic E-state index is 12.4. The van der Waals surface area contributed by atoms with Crippen LogP contribution in [0.2, 0.25) is 0 Å². The summed E-state index contributed by atoms with van der Waals surface area (Å²) < 4.78 is 27.4. The van der Waals surface area contributed by atoms with Crippen LogP contribution < -0.4 is 10.0 Å². The fourth-order valence-electron chi connectivity index (χ4n) is 1.96. The van der Waals surface area contributed by atoms with Crippen molar-refractivity contribution in [3.8, 4) is 0 Å². The average Bonchev–Trinajstić information content (AvgIpc) is 2.82. The quantitative estimate of drug-likeness (QED) is 0.683. The van der Waals surface area contributed by atoms with Crippen LogP contribution in [0, 0.1) is 6.92 Å². The number of aromatic nitrogens is 2. The normalized spacial score (nSPS) is 11.5. The molecule has 0 spiro atoms. The molecule has 0 atom stereocenters. The third-order valence-corrected chi connectivity index (χ3v) is 4.40. The van der Waals surface area contributed by atoms with Crippen LogP contribution in [-0.2, 0) is 16.6 Å². The van der Waals surface area contributed by atoms with Gasteiger partial charge in [0, 0.05) is 23.5 Å². The van der Waals surface area contributed by atoms with E-state index in [1.54, 1.807) is 24.3 Å². The van der Waals surface area contributed by atoms with E-state index < -0.39 is 10.0 Å². The molecule has 3 N–H and O–H groups in total. The fraction of sp³-hybridized carbons (Fsp3) is 0.357. The van der Waals surface area contributed by atoms with E-state index >= 15 is 0 Å². The van der Waals surface area contributed by atoms with E-state index in [4.69, 9.17) is 0 Å². The highest BCUT2D eigenvalue weighted by atomic mass is 32.2. The van der Waals surface area contributed by atoms with Gasteiger partial charge in [-0.05, 0) is 32.0 Å². The molecule has 1 aromatic heterocycles. The van der Waals surface area contributed by atoms with Gasteiger partial charge in [0.1, 0.15) is 0 Å². The monoisotopic (exact) mass is 308 g/mol. The number of anilines is 1. The van der Waals surface area contributed by atoms with Crippen molar-refractivity contribution in [2.45, 2.75) is 31.8 Å². The first-order valence-electron chi connectivity index (χ1n) is 6.87. The van der Waals surface area contributed by atoms with Crippen molar-refractivity contribution in [3.05, 3.63) is 41.6 Å². The molecule has 0 bridgehead atoms. The van der Waals surface area contributed by atoms with E-state index in [-0.39, 0.29) is 5.03 Å². The Hall–Kier alpha value is -1.86. The molecule has 114 valence electrons. The van der Waals surface area contributed by atoms with Crippen molar-refractivity contribution in [2.75, 3.05) is 11.3 Å². The number of aromatic amines is 1. The summed E-state index contributed by atoms with van der Waals surface area (Å²) in [5.74, 6) is 0. The smallest absolute Gasteiger partial charge is 0.281 e. The molecule has 0 unspecified atom stereocenters. The molecule has 2 rings (SSSR count). The molecule has 7 heteroatoms. The van der Waals surface area contributed by atoms with Crippen LogP contribution in [0.3, 0.4) is 0 Å². The van der Waals surface area contributed by atoms with Crippen molar-refractivity contribution in [1.29, 1.82) is 0 Å². The van der Waals surface area contributed by atoms with Gasteiger partial charge in [-0.2, -0.15) is 13.5 Å². The summed E-state index contributed by atoms with van der Waals surface area (Å²) in [5, 5.41) is 9.94. The van der Waals surface area contributed by atoms with Gasteiger partial charge in [0.05, 0.1) is 0 Å². The van der Waals surface area contributed by atoms with E-state index in [0.717, 1.165) is 18.7 Å². The molecule has 0 saturated carbocycles. The Morgan fingerprint density at radius 3 is 2.62 bits per heavy atom. The number of para-hydroxylation sites is 1. The fourth-order valence-corrected chi connectivity index (χ4v) is 3.22. The SMILES string of the molecule is CCCNCc1c(S(=O)(=O)Nc2ccccc2)n[nH]c1C. The van der Waals surface area contributed by atoms with E-state index in [9.17, 15) is 8.42 Å². The van der Waals surface area contributed by atoms with Crippen LogP contribution in [0.25, 0.3) is 0 Å². The summed E-state index contributed by atoms with van der Waals surface area (Å²) in [4.78, 5) is 0. The molecule has 0 fully saturated rings. The summed E-state index contributed by atoms with van der Waals surface area (Å²) in [6, 6.07) is 8.78. The predicted molar refractivity (Wildman–Crippen MR) is 82.6 cm³/mol. The summed E-state index contributed by atoms with van der Waals surface area (Å²) in [7, 11) is -3.69. The Morgan fingerprint density at radius 1 is 1.24 bits per heavy atom. The molecule has 0 amide bonds. The number of hydrogen-bond acceptors (Lipinski definition) is 4. The van der Waals surface area contributed by atoms with E-state index in [1.807, 2.05) is 13.0 Å². The largest absolute Gasteiger partial charge is 0.313 e. The van der Waals surface area contributed by atoms with Gasteiger partial charge in [0.25, 0.3) is 10.0 Å². The third kappa shape index (κ3) is 3.83. The summed E-state index contributed by atoms with van der Waals surface area (Å²) in [6.07, 6.45) is 0.987. The molecule has 2 aromatic rings. The highest BCUT2D eigenvalue weighted by molar-refractivity contribution is 7.92. The van der Waals surface area contributed by atoms with Crippen LogP contribution >= 0.6 is 0 Å². The summed E-state index contributed by atoms with van der Waals surface area (Å²) in [5.41, 5.74) is 1.95. The Bertz CT molecular complexity index is 680. The Labute approximate surface area is 125 Å². The van der Waals surface area contributed by atoms with E-state index in [0.29, 0.717) is 17.8 Å². The molecular formula is C14H20N4O2S. The number of nitrogens with one attached hydrogen (secondary N) is 3. The highest BCUT2D eigenvalue weighted by Crippen LogP contribution is 2.19. The topological polar surface area (TPSA) is 86.9 Å². The molecule has 0 aliphatic heterocycles. The summed E-state index contributed by atoms with van der Waals surface area (Å²) >= 11 is 0. The molecule has 0 saturated heterocycles. The molecule has 1 heterocycles. The van der Waals surface area contributed by atoms with Gasteiger partial charge in [-0.15, -0.1) is 0 Å². The van der Waals surface area contributed by atoms with Crippen molar-refractivity contribution >= 4 is 15.7 Å². The van der Waals surface area contributed by atoms with Crippen LogP contribution in [0.4, 0.5) is 5.69 Å². The van der Waals surface area contributed by atoms with Crippen LogP contribution in [0.1, 0.15) is 24.6 Å². The minimum Gasteiger partial charge on any atom is -0.313 e. The van der Waals surface area contributed by atoms with Gasteiger partial charge < -0.3 is 5.32 Å². The van der Waals surface area contributed by atoms with Crippen LogP contribution in [-0.4, -0.2) is 25.2 Å². The lowest BCUT2D eigenvalue weighted by Gasteiger charge is -2.08. The number of rotatable bonds is 7. The van der Waals surface area contributed by atoms with Crippen molar-refractivity contribution < 1.29 is 8.42 Å². The molecule has 0 aliphatic rings. The number of nitrogens with zero attached hydrogens (tertiary/aromatic N) is 1. The van der Waals surface area contributed by atoms with E-state index in [1.165, 1.54) is 0 Å². The molecule has 1 aromatic carbocycles. The minimum atomic E-state index is -3.69. The Morgan fingerprint density at radius 2 is 1.95 bits per heavy atom. The first kappa shape index (κ1) is 15.5. The number of hydrogen-bond donors (Lipinski definition) is 3. The third-order valence-electron chi connectivity index (χ3n) is 3.05. The zero-order valence-electron chi connectivity index (χ0n) is 12.2. The van der Waals surface area contributed by atoms with Crippen LogP contribution in [0.5, 0.6) is 0 Å². The van der Waals surface area contributed by atoms with Gasteiger partial charge in [-0.25, -0.2) is 0 Å². The second kappa shape index (κ2) is 6.73. The Kier molecular flexibility index (Phi) is 4.98. The lowest BCUT2D eigenvalue weighted by atomic mass is 10.2. The van der Waals surface area contributed by atoms with Crippen molar-refractivity contribution in [3.63, 3.8) is 0 Å². The highest BCUT2D eigenvalue weighted by Gasteiger charge is 2.23. The van der Waals surface area contributed by atoms with Gasteiger partial charge >= 0.3 is 0 Å². The number of sulfonamides is 1. The zero-order valence-corrected chi connectivity index (χ0v) is 13.0. The molecule has 21 heavy (non-hydrogen) atoms. The van der Waals surface area contributed by atoms with Gasteiger partial charge in [0.2, 0.25) is 5.03 Å². The zero-order chi connectivity index (χ0) is 15.3. The van der Waals surface area contributed by atoms with Crippen molar-refractivity contribution in [1.82, 2.24) is 15.5 Å². The lowest BCUT2D eigenvalue weighted by Crippen LogP contribution is -2.19. The molecular weight excluding hydrogens is 288 g/mol. The predicted octanol–water partition coefficient (Wildman–Crippen LogP) is 2.02. The minimum absolute atomic E-state index is 0.0486. The molecule has 6 nitrogen and oxygen atoms in total. The second-order valence-electron chi connectivity index (χ2n) is 4.78. The summed E-state index contributed by atoms with van der Waals surface area (Å²) in [6.45, 7) is 5.18. The average molecular weight is 308 g/mol. The second-order valence-corrected chi connectivity index (χ2v) is 6.38. The Balaban J connectivity index is 2.24. The molecule has 0 aliphatic carbocycles. The number of benzene rings is 1. The van der Waals surface area contributed by atoms with Gasteiger partial charge in [0.15, 0.2) is 0 Å². The standard InChI is InChI=1S/C14H20N4O2S/c1-3-9-15-10-13-11(2)16-17-14(13)21(19,20)18-12-7-5-4-6-8-12/h4-8,15,18H,3,9-10H2,1-2H3,(H,16,17).